The van der Waals surface area contributed by atoms with Crippen molar-refractivity contribution in [1.82, 2.24) is 15.8 Å². The van der Waals surface area contributed by atoms with Crippen molar-refractivity contribution in [1.29, 1.82) is 0 Å². The molecule has 1 atom stereocenters. The average Bonchev–Trinajstić information content (AvgIpc) is 2.28. The number of morpholine rings is 1. The molecule has 0 radical (unpaired) electrons. The van der Waals surface area contributed by atoms with E-state index in [4.69, 9.17) is 9.84 Å². The Morgan fingerprint density at radius 1 is 1.39 bits per heavy atom. The fourth-order valence-electron chi connectivity index (χ4n) is 1.67. The highest BCUT2D eigenvalue weighted by Crippen LogP contribution is 2.09. The van der Waals surface area contributed by atoms with Gasteiger partial charge in [0.2, 0.25) is 5.91 Å². The number of amides is 2. The van der Waals surface area contributed by atoms with Crippen molar-refractivity contribution < 1.29 is 24.2 Å². The van der Waals surface area contributed by atoms with Crippen molar-refractivity contribution in [2.24, 2.45) is 0 Å². The van der Waals surface area contributed by atoms with Crippen LogP contribution in [0.2, 0.25) is 0 Å². The molecule has 8 heteroatoms. The molecule has 1 heterocycles. The molecule has 1 rings (SSSR count). The normalized spacial score (nSPS) is 20.2. The zero-order valence-electron chi connectivity index (χ0n) is 10.1. The number of carbonyl (C=O) groups excluding carboxylic acids is 2. The van der Waals surface area contributed by atoms with E-state index >= 15 is 0 Å². The second-order valence-corrected chi connectivity index (χ2v) is 4.03. The lowest BCUT2D eigenvalue weighted by atomic mass is 10.1. The zero-order valence-corrected chi connectivity index (χ0v) is 10.1. The lowest BCUT2D eigenvalue weighted by Gasteiger charge is -2.34. The van der Waals surface area contributed by atoms with Crippen LogP contribution in [0.25, 0.3) is 0 Å². The third-order valence-electron chi connectivity index (χ3n) is 2.48. The molecule has 1 fully saturated rings. The van der Waals surface area contributed by atoms with Gasteiger partial charge in [0.25, 0.3) is 5.91 Å². The molecule has 0 aliphatic carbocycles. The van der Waals surface area contributed by atoms with E-state index in [9.17, 15) is 14.4 Å². The van der Waals surface area contributed by atoms with E-state index in [1.807, 2.05) is 0 Å². The third-order valence-corrected chi connectivity index (χ3v) is 2.48. The second kappa shape index (κ2) is 6.92. The summed E-state index contributed by atoms with van der Waals surface area (Å²) in [6.07, 6.45) is -0.0760. The van der Waals surface area contributed by atoms with Crippen LogP contribution in [-0.2, 0) is 19.1 Å². The van der Waals surface area contributed by atoms with E-state index in [0.29, 0.717) is 19.8 Å². The molecular formula is C10H17N3O5. The van der Waals surface area contributed by atoms with E-state index in [0.717, 1.165) is 0 Å². The molecule has 0 spiro atoms. The molecule has 0 aromatic heterocycles. The van der Waals surface area contributed by atoms with Gasteiger partial charge in [-0.1, -0.05) is 0 Å². The highest BCUT2D eigenvalue weighted by atomic mass is 16.5. The van der Waals surface area contributed by atoms with Crippen molar-refractivity contribution in [2.75, 3.05) is 26.3 Å². The summed E-state index contributed by atoms with van der Waals surface area (Å²) in [4.78, 5) is 34.5. The molecule has 1 aliphatic heterocycles. The minimum atomic E-state index is -0.933. The maximum atomic E-state index is 11.5. The molecule has 1 saturated heterocycles. The number of nitrogens with one attached hydrogen (secondary N) is 2. The van der Waals surface area contributed by atoms with Crippen molar-refractivity contribution in [2.45, 2.75) is 19.4 Å². The molecule has 18 heavy (non-hydrogen) atoms. The summed E-state index contributed by atoms with van der Waals surface area (Å²) in [7, 11) is 0. The maximum absolute atomic E-state index is 11.5. The Hall–Kier alpha value is -1.67. The topological polar surface area (TPSA) is 108 Å². The molecule has 2 amide bonds. The Morgan fingerprint density at radius 3 is 2.72 bits per heavy atom. The molecule has 0 aromatic carbocycles. The summed E-state index contributed by atoms with van der Waals surface area (Å²) in [6.45, 7) is 2.55. The Kier molecular flexibility index (Phi) is 5.53. The number of carbonyl (C=O) groups is 3. The fourth-order valence-corrected chi connectivity index (χ4v) is 1.67. The Labute approximate surface area is 104 Å². The highest BCUT2D eigenvalue weighted by molar-refractivity contribution is 5.82. The summed E-state index contributed by atoms with van der Waals surface area (Å²) in [5, 5.41) is 8.75. The predicted molar refractivity (Wildman–Crippen MR) is 60.4 cm³/mol. The summed E-state index contributed by atoms with van der Waals surface area (Å²) in [5.74, 6) is -1.69. The third kappa shape index (κ3) is 5.11. The number of carboxylic acid groups (broad SMARTS) is 1. The highest BCUT2D eigenvalue weighted by Gasteiger charge is 2.26. The van der Waals surface area contributed by atoms with Gasteiger partial charge in [0.1, 0.15) is 0 Å². The Balaban J connectivity index is 2.43. The first-order chi connectivity index (χ1) is 8.49. The quantitative estimate of drug-likeness (QED) is 0.521. The minimum Gasteiger partial charge on any atom is -0.481 e. The molecule has 1 aliphatic rings. The molecule has 0 aromatic rings. The lowest BCUT2D eigenvalue weighted by Crippen LogP contribution is -2.52. The van der Waals surface area contributed by atoms with E-state index < -0.39 is 5.97 Å². The SMILES string of the molecule is CC(=O)NNC(=O)CN1CCOCC1CC(=O)O. The van der Waals surface area contributed by atoms with E-state index in [1.165, 1.54) is 6.92 Å². The van der Waals surface area contributed by atoms with Crippen LogP contribution in [0.3, 0.4) is 0 Å². The van der Waals surface area contributed by atoms with Gasteiger partial charge in [0.15, 0.2) is 0 Å². The average molecular weight is 259 g/mol. The van der Waals surface area contributed by atoms with Crippen LogP contribution >= 0.6 is 0 Å². The van der Waals surface area contributed by atoms with Crippen LogP contribution in [0.15, 0.2) is 0 Å². The first-order valence-corrected chi connectivity index (χ1v) is 5.58. The summed E-state index contributed by atoms with van der Waals surface area (Å²) in [5.41, 5.74) is 4.41. The van der Waals surface area contributed by atoms with Crippen molar-refractivity contribution >= 4 is 17.8 Å². The number of hydrogen-bond acceptors (Lipinski definition) is 5. The first kappa shape index (κ1) is 14.4. The second-order valence-electron chi connectivity index (χ2n) is 4.03. The smallest absolute Gasteiger partial charge is 0.305 e. The Morgan fingerprint density at radius 2 is 2.11 bits per heavy atom. The first-order valence-electron chi connectivity index (χ1n) is 5.58. The van der Waals surface area contributed by atoms with E-state index in [1.54, 1.807) is 4.90 Å². The van der Waals surface area contributed by atoms with Crippen molar-refractivity contribution in [3.05, 3.63) is 0 Å². The van der Waals surface area contributed by atoms with Crippen molar-refractivity contribution in [3.8, 4) is 0 Å². The molecule has 0 saturated carbocycles. The number of carboxylic acids is 1. The molecule has 0 bridgehead atoms. The van der Waals surface area contributed by atoms with Gasteiger partial charge in [0, 0.05) is 19.5 Å². The van der Waals surface area contributed by atoms with Crippen LogP contribution < -0.4 is 10.9 Å². The summed E-state index contributed by atoms with van der Waals surface area (Å²) >= 11 is 0. The molecular weight excluding hydrogens is 242 g/mol. The molecule has 3 N–H and O–H groups in total. The van der Waals surface area contributed by atoms with Crippen LogP contribution in [-0.4, -0.2) is 60.1 Å². The zero-order chi connectivity index (χ0) is 13.5. The Bertz CT molecular complexity index is 333. The number of rotatable bonds is 4. The number of aliphatic carboxylic acids is 1. The van der Waals surface area contributed by atoms with E-state index in [-0.39, 0.29) is 30.8 Å². The summed E-state index contributed by atoms with van der Waals surface area (Å²) < 4.78 is 5.19. The molecule has 8 nitrogen and oxygen atoms in total. The number of hydrogen-bond donors (Lipinski definition) is 3. The van der Waals surface area contributed by atoms with Crippen LogP contribution in [0.1, 0.15) is 13.3 Å². The molecule has 102 valence electrons. The fraction of sp³-hybridized carbons (Fsp3) is 0.700. The minimum absolute atomic E-state index is 0.0294. The largest absolute Gasteiger partial charge is 0.481 e. The van der Waals surface area contributed by atoms with Gasteiger partial charge in [-0.2, -0.15) is 0 Å². The summed E-state index contributed by atoms with van der Waals surface area (Å²) in [6, 6.07) is -0.320. The van der Waals surface area contributed by atoms with Gasteiger partial charge in [0.05, 0.1) is 26.2 Å². The monoisotopic (exact) mass is 259 g/mol. The maximum Gasteiger partial charge on any atom is 0.305 e. The predicted octanol–water partition coefficient (Wildman–Crippen LogP) is -1.67. The van der Waals surface area contributed by atoms with Gasteiger partial charge in [-0.05, 0) is 0 Å². The van der Waals surface area contributed by atoms with Gasteiger partial charge in [-0.25, -0.2) is 0 Å². The number of hydrazine groups is 1. The standard InChI is InChI=1S/C10H17N3O5/c1-7(14)11-12-9(15)5-13-2-3-18-6-8(13)4-10(16)17/h8H,2-6H2,1H3,(H,11,14)(H,12,15)(H,16,17). The van der Waals surface area contributed by atoms with Crippen LogP contribution in [0, 0.1) is 0 Å². The van der Waals surface area contributed by atoms with Crippen LogP contribution in [0.5, 0.6) is 0 Å². The van der Waals surface area contributed by atoms with Gasteiger partial charge in [-0.3, -0.25) is 30.1 Å². The van der Waals surface area contributed by atoms with E-state index in [2.05, 4.69) is 10.9 Å². The number of nitrogens with zero attached hydrogens (tertiary/aromatic N) is 1. The van der Waals surface area contributed by atoms with Gasteiger partial charge < -0.3 is 9.84 Å². The number of ether oxygens (including phenoxy) is 1. The van der Waals surface area contributed by atoms with Crippen LogP contribution in [0.4, 0.5) is 0 Å². The van der Waals surface area contributed by atoms with Gasteiger partial charge in [-0.15, -0.1) is 0 Å². The van der Waals surface area contributed by atoms with Gasteiger partial charge >= 0.3 is 5.97 Å². The lowest BCUT2D eigenvalue weighted by molar-refractivity contribution is -0.141. The van der Waals surface area contributed by atoms with Crippen molar-refractivity contribution in [3.63, 3.8) is 0 Å². The molecule has 1 unspecified atom stereocenters.